The Morgan fingerprint density at radius 3 is 1.10 bits per heavy atom. The fraction of sp³-hybridized carbons (Fsp3) is 0.935. The van der Waals surface area contributed by atoms with Gasteiger partial charge in [-0.05, 0) is 31.1 Å². The van der Waals surface area contributed by atoms with Crippen molar-refractivity contribution in [3.8, 4) is 0 Å². The van der Waals surface area contributed by atoms with E-state index in [1.165, 1.54) is 128 Å². The maximum absolute atomic E-state index is 12.7. The van der Waals surface area contributed by atoms with Crippen molar-refractivity contribution in [2.45, 2.75) is 253 Å². The topological polar surface area (TPSA) is 78.9 Å². The molecular weight excluding hydrogens is 649 g/mol. The van der Waals surface area contributed by atoms with Crippen LogP contribution in [0.2, 0.25) is 0 Å². The number of carbonyl (C=O) groups excluding carboxylic acids is 3. The zero-order chi connectivity index (χ0) is 38.3. The van der Waals surface area contributed by atoms with Crippen LogP contribution in [-0.4, -0.2) is 37.2 Å². The normalized spacial score (nSPS) is 12.6. The minimum atomic E-state index is -0.759. The summed E-state index contributed by atoms with van der Waals surface area (Å²) in [5.41, 5.74) is 0. The Morgan fingerprint density at radius 2 is 0.731 bits per heavy atom. The standard InChI is InChI=1S/C46H88O6/c1-6-8-9-24-31-36-44(47)50-39-43(40-51-45(48)37-32-27-22-18-15-14-17-21-26-30-35-42(5)7-2)52-46(49)38-33-28-23-19-13-11-10-12-16-20-25-29-34-41(3)4/h41-43H,6-40H2,1-5H3/t42?,43-/m0/s1. The molecule has 52 heavy (non-hydrogen) atoms. The Hall–Kier alpha value is -1.59. The van der Waals surface area contributed by atoms with Crippen LogP contribution in [0.3, 0.4) is 0 Å². The van der Waals surface area contributed by atoms with Crippen molar-refractivity contribution in [1.29, 1.82) is 0 Å². The number of unbranched alkanes of at least 4 members (excludes halogenated alkanes) is 24. The average Bonchev–Trinajstić information content (AvgIpc) is 3.12. The maximum Gasteiger partial charge on any atom is 0.306 e. The van der Waals surface area contributed by atoms with Gasteiger partial charge in [-0.1, -0.05) is 208 Å². The highest BCUT2D eigenvalue weighted by Gasteiger charge is 2.19. The van der Waals surface area contributed by atoms with Gasteiger partial charge in [0.05, 0.1) is 0 Å². The summed E-state index contributed by atoms with van der Waals surface area (Å²) in [5, 5.41) is 0. The largest absolute Gasteiger partial charge is 0.462 e. The number of hydrogen-bond donors (Lipinski definition) is 0. The van der Waals surface area contributed by atoms with Crippen LogP contribution in [-0.2, 0) is 28.6 Å². The first-order valence-corrected chi connectivity index (χ1v) is 22.8. The lowest BCUT2D eigenvalue weighted by molar-refractivity contribution is -0.167. The molecule has 0 aromatic rings. The molecule has 0 aliphatic rings. The van der Waals surface area contributed by atoms with Crippen LogP contribution >= 0.6 is 0 Å². The smallest absolute Gasteiger partial charge is 0.306 e. The van der Waals surface area contributed by atoms with Gasteiger partial charge in [0.2, 0.25) is 0 Å². The molecule has 0 aromatic heterocycles. The summed E-state index contributed by atoms with van der Waals surface area (Å²) in [6.45, 7) is 11.3. The Bertz CT molecular complexity index is 796. The monoisotopic (exact) mass is 737 g/mol. The van der Waals surface area contributed by atoms with Gasteiger partial charge in [-0.25, -0.2) is 0 Å². The molecular formula is C46H88O6. The first-order valence-electron chi connectivity index (χ1n) is 22.8. The van der Waals surface area contributed by atoms with Gasteiger partial charge in [0, 0.05) is 19.3 Å². The molecule has 6 heteroatoms. The van der Waals surface area contributed by atoms with Gasteiger partial charge in [-0.15, -0.1) is 0 Å². The molecule has 308 valence electrons. The highest BCUT2D eigenvalue weighted by molar-refractivity contribution is 5.71. The van der Waals surface area contributed by atoms with Crippen LogP contribution in [0.15, 0.2) is 0 Å². The van der Waals surface area contributed by atoms with Gasteiger partial charge in [-0.3, -0.25) is 14.4 Å². The molecule has 0 fully saturated rings. The third kappa shape index (κ3) is 38.1. The molecule has 0 aliphatic heterocycles. The third-order valence-corrected chi connectivity index (χ3v) is 10.6. The Labute approximate surface area is 323 Å². The summed E-state index contributed by atoms with van der Waals surface area (Å²) in [6.07, 6.45) is 36.8. The second-order valence-corrected chi connectivity index (χ2v) is 16.4. The minimum Gasteiger partial charge on any atom is -0.462 e. The van der Waals surface area contributed by atoms with Crippen molar-refractivity contribution in [2.24, 2.45) is 11.8 Å². The van der Waals surface area contributed by atoms with Gasteiger partial charge in [0.15, 0.2) is 6.10 Å². The summed E-state index contributed by atoms with van der Waals surface area (Å²) >= 11 is 0. The molecule has 2 atom stereocenters. The quantitative estimate of drug-likeness (QED) is 0.0354. The first kappa shape index (κ1) is 50.4. The lowest BCUT2D eigenvalue weighted by Crippen LogP contribution is -2.30. The molecule has 0 bridgehead atoms. The maximum atomic E-state index is 12.7. The van der Waals surface area contributed by atoms with Gasteiger partial charge < -0.3 is 14.2 Å². The number of esters is 3. The molecule has 0 saturated heterocycles. The van der Waals surface area contributed by atoms with E-state index in [1.54, 1.807) is 0 Å². The molecule has 0 spiro atoms. The number of hydrogen-bond acceptors (Lipinski definition) is 6. The predicted octanol–water partition coefficient (Wildman–Crippen LogP) is 14.2. The Balaban J connectivity index is 4.20. The zero-order valence-electron chi connectivity index (χ0n) is 35.4. The molecule has 0 aromatic carbocycles. The van der Waals surface area contributed by atoms with E-state index < -0.39 is 6.10 Å². The van der Waals surface area contributed by atoms with Crippen LogP contribution in [0.5, 0.6) is 0 Å². The fourth-order valence-electron chi connectivity index (χ4n) is 6.72. The lowest BCUT2D eigenvalue weighted by atomic mass is 9.99. The van der Waals surface area contributed by atoms with E-state index in [0.717, 1.165) is 76.0 Å². The van der Waals surface area contributed by atoms with Crippen LogP contribution in [0.1, 0.15) is 247 Å². The Morgan fingerprint density at radius 1 is 0.404 bits per heavy atom. The first-order chi connectivity index (χ1) is 25.3. The average molecular weight is 737 g/mol. The van der Waals surface area contributed by atoms with Crippen LogP contribution in [0.25, 0.3) is 0 Å². The molecule has 0 N–H and O–H groups in total. The van der Waals surface area contributed by atoms with E-state index in [-0.39, 0.29) is 31.1 Å². The SMILES string of the molecule is CCCCCCCC(=O)OC[C@@H](COC(=O)CCCCCCCCCCCCC(C)CC)OC(=O)CCCCCCCCCCCCCCC(C)C. The minimum absolute atomic E-state index is 0.0658. The van der Waals surface area contributed by atoms with Crippen molar-refractivity contribution >= 4 is 17.9 Å². The fourth-order valence-corrected chi connectivity index (χ4v) is 6.72. The second kappa shape index (κ2) is 39.1. The van der Waals surface area contributed by atoms with Crippen LogP contribution in [0, 0.1) is 11.8 Å². The molecule has 0 amide bonds. The highest BCUT2D eigenvalue weighted by atomic mass is 16.6. The molecule has 0 rings (SSSR count). The second-order valence-electron chi connectivity index (χ2n) is 16.4. The van der Waals surface area contributed by atoms with E-state index >= 15 is 0 Å². The van der Waals surface area contributed by atoms with Crippen molar-refractivity contribution < 1.29 is 28.6 Å². The van der Waals surface area contributed by atoms with Crippen molar-refractivity contribution in [3.63, 3.8) is 0 Å². The molecule has 0 aliphatic carbocycles. The molecule has 0 saturated carbocycles. The van der Waals surface area contributed by atoms with E-state index in [2.05, 4.69) is 34.6 Å². The predicted molar refractivity (Wildman–Crippen MR) is 220 cm³/mol. The van der Waals surface area contributed by atoms with Crippen LogP contribution in [0.4, 0.5) is 0 Å². The molecule has 1 unspecified atom stereocenters. The van der Waals surface area contributed by atoms with Gasteiger partial charge >= 0.3 is 17.9 Å². The Kier molecular flexibility index (Phi) is 37.9. The highest BCUT2D eigenvalue weighted by Crippen LogP contribution is 2.17. The van der Waals surface area contributed by atoms with Crippen LogP contribution < -0.4 is 0 Å². The molecule has 0 radical (unpaired) electrons. The summed E-state index contributed by atoms with van der Waals surface area (Å²) in [5.74, 6) is 0.831. The summed E-state index contributed by atoms with van der Waals surface area (Å²) < 4.78 is 16.6. The van der Waals surface area contributed by atoms with E-state index in [1.807, 2.05) is 0 Å². The lowest BCUT2D eigenvalue weighted by Gasteiger charge is -2.18. The summed E-state index contributed by atoms with van der Waals surface area (Å²) in [7, 11) is 0. The third-order valence-electron chi connectivity index (χ3n) is 10.6. The van der Waals surface area contributed by atoms with E-state index in [4.69, 9.17) is 14.2 Å². The number of rotatable bonds is 40. The van der Waals surface area contributed by atoms with Gasteiger partial charge in [0.25, 0.3) is 0 Å². The zero-order valence-corrected chi connectivity index (χ0v) is 35.4. The van der Waals surface area contributed by atoms with Gasteiger partial charge in [-0.2, -0.15) is 0 Å². The summed E-state index contributed by atoms with van der Waals surface area (Å²) in [6, 6.07) is 0. The van der Waals surface area contributed by atoms with Gasteiger partial charge in [0.1, 0.15) is 13.2 Å². The number of carbonyl (C=O) groups is 3. The van der Waals surface area contributed by atoms with E-state index in [0.29, 0.717) is 19.3 Å². The molecule has 6 nitrogen and oxygen atoms in total. The van der Waals surface area contributed by atoms with Crippen molar-refractivity contribution in [1.82, 2.24) is 0 Å². The number of ether oxygens (including phenoxy) is 3. The van der Waals surface area contributed by atoms with Crippen molar-refractivity contribution in [2.75, 3.05) is 13.2 Å². The molecule has 0 heterocycles. The van der Waals surface area contributed by atoms with Crippen molar-refractivity contribution in [3.05, 3.63) is 0 Å². The van der Waals surface area contributed by atoms with E-state index in [9.17, 15) is 14.4 Å². The summed E-state index contributed by atoms with van der Waals surface area (Å²) in [4.78, 5) is 37.5.